The van der Waals surface area contributed by atoms with Crippen molar-refractivity contribution in [2.75, 3.05) is 13.7 Å². The highest BCUT2D eigenvalue weighted by Gasteiger charge is 2.28. The Kier molecular flexibility index (Phi) is 4.02. The number of aromatic nitrogens is 2. The molecule has 0 radical (unpaired) electrons. The van der Waals surface area contributed by atoms with E-state index in [-0.39, 0.29) is 0 Å². The predicted molar refractivity (Wildman–Crippen MR) is 78.7 cm³/mol. The Hall–Kier alpha value is -1.81. The Labute approximate surface area is 119 Å². The minimum absolute atomic E-state index is 0.764. The second kappa shape index (κ2) is 6.09. The van der Waals surface area contributed by atoms with Crippen LogP contribution in [0.15, 0.2) is 36.8 Å². The van der Waals surface area contributed by atoms with Crippen molar-refractivity contribution in [3.63, 3.8) is 0 Å². The van der Waals surface area contributed by atoms with Gasteiger partial charge in [0.2, 0.25) is 0 Å². The first-order chi connectivity index (χ1) is 9.85. The standard InChI is InChI=1S/C16H21N3O/c1-20-16-6-2-13(3-7-16)11-19(15-4-5-15)9-8-14-10-17-12-18-14/h2-3,6-7,10,12,15H,4-5,8-9,11H2,1H3,(H,17,18). The van der Waals surface area contributed by atoms with Crippen molar-refractivity contribution in [1.29, 1.82) is 0 Å². The number of hydrogen-bond donors (Lipinski definition) is 1. The second-order valence-electron chi connectivity index (χ2n) is 5.38. The van der Waals surface area contributed by atoms with Crippen LogP contribution in [0.1, 0.15) is 24.1 Å². The SMILES string of the molecule is COc1ccc(CN(CCc2cnc[nH]2)C2CC2)cc1. The van der Waals surface area contributed by atoms with Gasteiger partial charge < -0.3 is 9.72 Å². The zero-order valence-electron chi connectivity index (χ0n) is 11.9. The molecule has 0 atom stereocenters. The predicted octanol–water partition coefficient (Wildman–Crippen LogP) is 2.63. The highest BCUT2D eigenvalue weighted by atomic mass is 16.5. The zero-order chi connectivity index (χ0) is 13.8. The molecular formula is C16H21N3O. The monoisotopic (exact) mass is 271 g/mol. The van der Waals surface area contributed by atoms with Crippen LogP contribution in [0.4, 0.5) is 0 Å². The topological polar surface area (TPSA) is 41.1 Å². The molecular weight excluding hydrogens is 250 g/mol. The second-order valence-corrected chi connectivity index (χ2v) is 5.38. The molecule has 1 heterocycles. The first-order valence-electron chi connectivity index (χ1n) is 7.19. The van der Waals surface area contributed by atoms with Gasteiger partial charge in [0, 0.05) is 37.4 Å². The number of nitrogens with zero attached hydrogens (tertiary/aromatic N) is 2. The van der Waals surface area contributed by atoms with Crippen LogP contribution in [0.25, 0.3) is 0 Å². The molecule has 1 aliphatic rings. The van der Waals surface area contributed by atoms with Gasteiger partial charge in [-0.15, -0.1) is 0 Å². The first kappa shape index (κ1) is 13.2. The van der Waals surface area contributed by atoms with Crippen LogP contribution >= 0.6 is 0 Å². The van der Waals surface area contributed by atoms with E-state index in [1.54, 1.807) is 13.4 Å². The highest BCUT2D eigenvalue weighted by molar-refractivity contribution is 5.27. The van der Waals surface area contributed by atoms with Crippen molar-refractivity contribution in [3.8, 4) is 5.75 Å². The van der Waals surface area contributed by atoms with Crippen molar-refractivity contribution in [2.24, 2.45) is 0 Å². The van der Waals surface area contributed by atoms with E-state index in [1.165, 1.54) is 24.1 Å². The number of H-pyrrole nitrogens is 1. The third-order valence-corrected chi connectivity index (χ3v) is 3.83. The lowest BCUT2D eigenvalue weighted by Crippen LogP contribution is -2.28. The Bertz CT molecular complexity index is 517. The van der Waals surface area contributed by atoms with E-state index in [0.29, 0.717) is 0 Å². The summed E-state index contributed by atoms with van der Waals surface area (Å²) in [5, 5.41) is 0. The Morgan fingerprint density at radius 3 is 2.70 bits per heavy atom. The number of hydrogen-bond acceptors (Lipinski definition) is 3. The molecule has 0 unspecified atom stereocenters. The van der Waals surface area contributed by atoms with Gasteiger partial charge in [0.05, 0.1) is 13.4 Å². The summed E-state index contributed by atoms with van der Waals surface area (Å²) in [6.07, 6.45) is 7.36. The number of methoxy groups -OCH3 is 1. The molecule has 1 aromatic carbocycles. The molecule has 1 aliphatic carbocycles. The number of imidazole rings is 1. The molecule has 0 aliphatic heterocycles. The minimum atomic E-state index is 0.764. The van der Waals surface area contributed by atoms with Gasteiger partial charge in [-0.3, -0.25) is 4.90 Å². The normalized spacial score (nSPS) is 14.7. The van der Waals surface area contributed by atoms with E-state index >= 15 is 0 Å². The maximum atomic E-state index is 5.21. The molecule has 1 fully saturated rings. The van der Waals surface area contributed by atoms with Crippen LogP contribution in [0.2, 0.25) is 0 Å². The van der Waals surface area contributed by atoms with Gasteiger partial charge in [-0.1, -0.05) is 12.1 Å². The highest BCUT2D eigenvalue weighted by Crippen LogP contribution is 2.28. The summed E-state index contributed by atoms with van der Waals surface area (Å²) < 4.78 is 5.21. The van der Waals surface area contributed by atoms with Gasteiger partial charge in [0.1, 0.15) is 5.75 Å². The summed E-state index contributed by atoms with van der Waals surface area (Å²) in [7, 11) is 1.70. The fraction of sp³-hybridized carbons (Fsp3) is 0.438. The molecule has 0 spiro atoms. The molecule has 1 N–H and O–H groups in total. The van der Waals surface area contributed by atoms with Gasteiger partial charge in [-0.05, 0) is 30.5 Å². The maximum Gasteiger partial charge on any atom is 0.118 e. The summed E-state index contributed by atoms with van der Waals surface area (Å²) >= 11 is 0. The Morgan fingerprint density at radius 2 is 2.10 bits per heavy atom. The maximum absolute atomic E-state index is 5.21. The van der Waals surface area contributed by atoms with E-state index in [0.717, 1.165) is 31.3 Å². The van der Waals surface area contributed by atoms with Crippen LogP contribution in [0.3, 0.4) is 0 Å². The summed E-state index contributed by atoms with van der Waals surface area (Å²) in [5.74, 6) is 0.921. The molecule has 106 valence electrons. The largest absolute Gasteiger partial charge is 0.497 e. The quantitative estimate of drug-likeness (QED) is 0.841. The van der Waals surface area contributed by atoms with Crippen LogP contribution < -0.4 is 4.74 Å². The van der Waals surface area contributed by atoms with Gasteiger partial charge in [-0.2, -0.15) is 0 Å². The average molecular weight is 271 g/mol. The fourth-order valence-electron chi connectivity index (χ4n) is 2.48. The minimum Gasteiger partial charge on any atom is -0.497 e. The van der Waals surface area contributed by atoms with E-state index in [9.17, 15) is 0 Å². The summed E-state index contributed by atoms with van der Waals surface area (Å²) in [6.45, 7) is 2.10. The van der Waals surface area contributed by atoms with Crippen molar-refractivity contribution in [3.05, 3.63) is 48.0 Å². The molecule has 4 heteroatoms. The summed E-state index contributed by atoms with van der Waals surface area (Å²) in [4.78, 5) is 9.82. The zero-order valence-corrected chi connectivity index (χ0v) is 11.9. The number of rotatable bonds is 7. The van der Waals surface area contributed by atoms with E-state index in [4.69, 9.17) is 4.74 Å². The molecule has 3 rings (SSSR count). The lowest BCUT2D eigenvalue weighted by Gasteiger charge is -2.21. The molecule has 1 aromatic heterocycles. The van der Waals surface area contributed by atoms with Crippen LogP contribution in [0.5, 0.6) is 5.75 Å². The fourth-order valence-corrected chi connectivity index (χ4v) is 2.48. The van der Waals surface area contributed by atoms with E-state index in [1.807, 2.05) is 18.3 Å². The Balaban J connectivity index is 1.58. The van der Waals surface area contributed by atoms with E-state index < -0.39 is 0 Å². The van der Waals surface area contributed by atoms with Crippen molar-refractivity contribution in [2.45, 2.75) is 31.8 Å². The van der Waals surface area contributed by atoms with Crippen LogP contribution in [-0.4, -0.2) is 34.6 Å². The third kappa shape index (κ3) is 3.39. The molecule has 4 nitrogen and oxygen atoms in total. The first-order valence-corrected chi connectivity index (χ1v) is 7.19. The number of ether oxygens (including phenoxy) is 1. The summed E-state index contributed by atoms with van der Waals surface area (Å²) in [5.41, 5.74) is 2.56. The van der Waals surface area contributed by atoms with Gasteiger partial charge in [0.15, 0.2) is 0 Å². The van der Waals surface area contributed by atoms with Crippen LogP contribution in [0, 0.1) is 0 Å². The molecule has 0 amide bonds. The number of nitrogens with one attached hydrogen (secondary N) is 1. The third-order valence-electron chi connectivity index (χ3n) is 3.83. The molecule has 0 bridgehead atoms. The molecule has 20 heavy (non-hydrogen) atoms. The van der Waals surface area contributed by atoms with Crippen molar-refractivity contribution >= 4 is 0 Å². The summed E-state index contributed by atoms with van der Waals surface area (Å²) in [6, 6.07) is 9.15. The number of benzene rings is 1. The van der Waals surface area contributed by atoms with Crippen molar-refractivity contribution < 1.29 is 4.74 Å². The van der Waals surface area contributed by atoms with Crippen molar-refractivity contribution in [1.82, 2.24) is 14.9 Å². The smallest absolute Gasteiger partial charge is 0.118 e. The molecule has 0 saturated heterocycles. The lowest BCUT2D eigenvalue weighted by atomic mass is 10.2. The van der Waals surface area contributed by atoms with Gasteiger partial charge in [0.25, 0.3) is 0 Å². The lowest BCUT2D eigenvalue weighted by molar-refractivity contribution is 0.257. The van der Waals surface area contributed by atoms with Gasteiger partial charge in [-0.25, -0.2) is 4.98 Å². The number of aromatic amines is 1. The Morgan fingerprint density at radius 1 is 1.30 bits per heavy atom. The van der Waals surface area contributed by atoms with Crippen LogP contribution in [-0.2, 0) is 13.0 Å². The molecule has 2 aromatic rings. The molecule has 1 saturated carbocycles. The van der Waals surface area contributed by atoms with E-state index in [2.05, 4.69) is 27.0 Å². The van der Waals surface area contributed by atoms with Gasteiger partial charge >= 0.3 is 0 Å². The average Bonchev–Trinajstić information content (AvgIpc) is 3.20.